The Balaban J connectivity index is 1.79. The number of aryl methyl sites for hydroxylation is 2. The van der Waals surface area contributed by atoms with Crippen LogP contribution < -0.4 is 10.1 Å². The van der Waals surface area contributed by atoms with Gasteiger partial charge in [-0.3, -0.25) is 0 Å². The van der Waals surface area contributed by atoms with Crippen molar-refractivity contribution in [2.75, 3.05) is 18.5 Å². The molecular weight excluding hydrogens is 234 g/mol. The maximum absolute atomic E-state index is 5.75. The second-order valence-corrected chi connectivity index (χ2v) is 4.59. The van der Waals surface area contributed by atoms with Gasteiger partial charge in [-0.1, -0.05) is 37.3 Å². The van der Waals surface area contributed by atoms with E-state index in [9.17, 15) is 0 Å². The zero-order chi connectivity index (χ0) is 13.5. The van der Waals surface area contributed by atoms with Crippen LogP contribution in [0.5, 0.6) is 5.75 Å². The number of anilines is 1. The molecule has 2 aromatic rings. The van der Waals surface area contributed by atoms with E-state index in [0.29, 0.717) is 6.61 Å². The predicted molar refractivity (Wildman–Crippen MR) is 81.0 cm³/mol. The molecule has 0 unspecified atom stereocenters. The second kappa shape index (κ2) is 6.83. The Morgan fingerprint density at radius 1 is 1.05 bits per heavy atom. The molecule has 0 amide bonds. The fourth-order valence-corrected chi connectivity index (χ4v) is 1.98. The van der Waals surface area contributed by atoms with E-state index in [0.717, 1.165) is 18.7 Å². The molecule has 0 aromatic heterocycles. The van der Waals surface area contributed by atoms with Crippen LogP contribution in [0.1, 0.15) is 18.1 Å². The highest BCUT2D eigenvalue weighted by Crippen LogP contribution is 2.14. The van der Waals surface area contributed by atoms with Gasteiger partial charge in [0.25, 0.3) is 0 Å². The molecule has 0 aliphatic heterocycles. The summed E-state index contributed by atoms with van der Waals surface area (Å²) >= 11 is 0. The molecule has 2 rings (SSSR count). The lowest BCUT2D eigenvalue weighted by molar-refractivity contribution is 0.332. The van der Waals surface area contributed by atoms with E-state index in [1.54, 1.807) is 0 Å². The normalized spacial score (nSPS) is 10.2. The highest BCUT2D eigenvalue weighted by Gasteiger charge is 1.97. The quantitative estimate of drug-likeness (QED) is 0.786. The number of nitrogens with one attached hydrogen (secondary N) is 1. The zero-order valence-electron chi connectivity index (χ0n) is 11.6. The molecule has 0 aliphatic rings. The average Bonchev–Trinajstić information content (AvgIpc) is 2.45. The molecule has 0 bridgehead atoms. The topological polar surface area (TPSA) is 21.3 Å². The minimum Gasteiger partial charge on any atom is -0.492 e. The third-order valence-electron chi connectivity index (χ3n) is 3.14. The standard InChI is InChI=1S/C17H21NO/c1-3-15-8-6-9-16(13-15)19-12-11-18-17-10-5-4-7-14(17)2/h4-10,13,18H,3,11-12H2,1-2H3. The van der Waals surface area contributed by atoms with Crippen molar-refractivity contribution in [3.05, 3.63) is 59.7 Å². The fraction of sp³-hybridized carbons (Fsp3) is 0.294. The number of ether oxygens (including phenoxy) is 1. The summed E-state index contributed by atoms with van der Waals surface area (Å²) in [7, 11) is 0. The number of hydrogen-bond acceptors (Lipinski definition) is 2. The average molecular weight is 255 g/mol. The molecule has 0 radical (unpaired) electrons. The summed E-state index contributed by atoms with van der Waals surface area (Å²) in [5.41, 5.74) is 3.74. The molecule has 0 atom stereocenters. The molecule has 0 fully saturated rings. The van der Waals surface area contributed by atoms with E-state index < -0.39 is 0 Å². The SMILES string of the molecule is CCc1cccc(OCCNc2ccccc2C)c1. The Labute approximate surface area is 115 Å². The number of benzene rings is 2. The maximum atomic E-state index is 5.75. The van der Waals surface area contributed by atoms with Crippen LogP contribution in [0.4, 0.5) is 5.69 Å². The van der Waals surface area contributed by atoms with Crippen LogP contribution >= 0.6 is 0 Å². The summed E-state index contributed by atoms with van der Waals surface area (Å²) in [6.07, 6.45) is 1.04. The lowest BCUT2D eigenvalue weighted by Crippen LogP contribution is -2.12. The van der Waals surface area contributed by atoms with Gasteiger partial charge < -0.3 is 10.1 Å². The molecule has 0 spiro atoms. The lowest BCUT2D eigenvalue weighted by atomic mass is 10.2. The minimum absolute atomic E-state index is 0.668. The predicted octanol–water partition coefficient (Wildman–Crippen LogP) is 4.05. The molecule has 0 saturated carbocycles. The van der Waals surface area contributed by atoms with E-state index in [2.05, 4.69) is 43.4 Å². The van der Waals surface area contributed by atoms with Crippen molar-refractivity contribution in [3.63, 3.8) is 0 Å². The molecule has 1 N–H and O–H groups in total. The van der Waals surface area contributed by atoms with Gasteiger partial charge in [-0.15, -0.1) is 0 Å². The van der Waals surface area contributed by atoms with Crippen molar-refractivity contribution in [2.24, 2.45) is 0 Å². The van der Waals surface area contributed by atoms with Gasteiger partial charge in [0.05, 0.1) is 0 Å². The molecule has 100 valence electrons. The van der Waals surface area contributed by atoms with Crippen LogP contribution in [0.15, 0.2) is 48.5 Å². The Kier molecular flexibility index (Phi) is 4.85. The first-order chi connectivity index (χ1) is 9.29. The van der Waals surface area contributed by atoms with Gasteiger partial charge in [0.2, 0.25) is 0 Å². The van der Waals surface area contributed by atoms with Crippen molar-refractivity contribution in [3.8, 4) is 5.75 Å². The Morgan fingerprint density at radius 2 is 1.89 bits per heavy atom. The van der Waals surface area contributed by atoms with Crippen molar-refractivity contribution in [1.82, 2.24) is 0 Å². The summed E-state index contributed by atoms with van der Waals surface area (Å²) < 4.78 is 5.75. The minimum atomic E-state index is 0.668. The molecule has 2 heteroatoms. The first-order valence-electron chi connectivity index (χ1n) is 6.81. The largest absolute Gasteiger partial charge is 0.492 e. The van der Waals surface area contributed by atoms with Crippen molar-refractivity contribution >= 4 is 5.69 Å². The van der Waals surface area contributed by atoms with Gasteiger partial charge in [0.1, 0.15) is 12.4 Å². The highest BCUT2D eigenvalue weighted by atomic mass is 16.5. The van der Waals surface area contributed by atoms with Crippen molar-refractivity contribution < 1.29 is 4.74 Å². The van der Waals surface area contributed by atoms with Gasteiger partial charge in [-0.2, -0.15) is 0 Å². The smallest absolute Gasteiger partial charge is 0.119 e. The second-order valence-electron chi connectivity index (χ2n) is 4.59. The molecule has 0 aliphatic carbocycles. The molecule has 0 saturated heterocycles. The summed E-state index contributed by atoms with van der Waals surface area (Å²) in [5.74, 6) is 0.950. The third-order valence-corrected chi connectivity index (χ3v) is 3.14. The van der Waals surface area contributed by atoms with E-state index in [1.165, 1.54) is 16.8 Å². The Bertz CT molecular complexity index is 522. The van der Waals surface area contributed by atoms with E-state index in [1.807, 2.05) is 24.3 Å². The first kappa shape index (κ1) is 13.5. The van der Waals surface area contributed by atoms with Crippen molar-refractivity contribution in [2.45, 2.75) is 20.3 Å². The Hall–Kier alpha value is -1.96. The first-order valence-corrected chi connectivity index (χ1v) is 6.81. The summed E-state index contributed by atoms with van der Waals surface area (Å²) in [6.45, 7) is 5.73. The molecule has 0 heterocycles. The van der Waals surface area contributed by atoms with Crippen LogP contribution in [0.3, 0.4) is 0 Å². The summed E-state index contributed by atoms with van der Waals surface area (Å²) in [6, 6.07) is 16.6. The number of para-hydroxylation sites is 1. The number of hydrogen-bond donors (Lipinski definition) is 1. The highest BCUT2D eigenvalue weighted by molar-refractivity contribution is 5.50. The maximum Gasteiger partial charge on any atom is 0.119 e. The van der Waals surface area contributed by atoms with Crippen LogP contribution in [0.25, 0.3) is 0 Å². The van der Waals surface area contributed by atoms with Crippen LogP contribution in [0, 0.1) is 6.92 Å². The summed E-state index contributed by atoms with van der Waals surface area (Å²) in [5, 5.41) is 3.39. The van der Waals surface area contributed by atoms with Gasteiger partial charge in [-0.05, 0) is 42.7 Å². The molecule has 19 heavy (non-hydrogen) atoms. The zero-order valence-corrected chi connectivity index (χ0v) is 11.6. The Morgan fingerprint density at radius 3 is 2.68 bits per heavy atom. The molecule has 2 aromatic carbocycles. The van der Waals surface area contributed by atoms with Gasteiger partial charge >= 0.3 is 0 Å². The van der Waals surface area contributed by atoms with E-state index in [4.69, 9.17) is 4.74 Å². The third kappa shape index (κ3) is 4.02. The van der Waals surface area contributed by atoms with Gasteiger partial charge in [-0.25, -0.2) is 0 Å². The van der Waals surface area contributed by atoms with Gasteiger partial charge in [0, 0.05) is 12.2 Å². The number of rotatable bonds is 6. The van der Waals surface area contributed by atoms with Crippen molar-refractivity contribution in [1.29, 1.82) is 0 Å². The monoisotopic (exact) mass is 255 g/mol. The molecule has 2 nitrogen and oxygen atoms in total. The lowest BCUT2D eigenvalue weighted by Gasteiger charge is -2.11. The van der Waals surface area contributed by atoms with E-state index >= 15 is 0 Å². The fourth-order valence-electron chi connectivity index (χ4n) is 1.98. The molecular formula is C17H21NO. The summed E-state index contributed by atoms with van der Waals surface area (Å²) in [4.78, 5) is 0. The van der Waals surface area contributed by atoms with Crippen LogP contribution in [-0.4, -0.2) is 13.2 Å². The van der Waals surface area contributed by atoms with Crippen LogP contribution in [-0.2, 0) is 6.42 Å². The van der Waals surface area contributed by atoms with E-state index in [-0.39, 0.29) is 0 Å². The van der Waals surface area contributed by atoms with Gasteiger partial charge in [0.15, 0.2) is 0 Å². The van der Waals surface area contributed by atoms with Crippen LogP contribution in [0.2, 0.25) is 0 Å².